The van der Waals surface area contributed by atoms with Gasteiger partial charge in [0.1, 0.15) is 5.76 Å². The zero-order chi connectivity index (χ0) is 21.9. The molecular formula is C26H29N3O3. The van der Waals surface area contributed by atoms with Crippen molar-refractivity contribution >= 4 is 5.91 Å². The van der Waals surface area contributed by atoms with Crippen molar-refractivity contribution < 1.29 is 13.9 Å². The summed E-state index contributed by atoms with van der Waals surface area (Å²) in [5.41, 5.74) is 3.74. The molecule has 166 valence electrons. The summed E-state index contributed by atoms with van der Waals surface area (Å²) in [6.45, 7) is 5.73. The Morgan fingerprint density at radius 1 is 1.09 bits per heavy atom. The van der Waals surface area contributed by atoms with E-state index < -0.39 is 0 Å². The monoisotopic (exact) mass is 431 g/mol. The van der Waals surface area contributed by atoms with Crippen LogP contribution in [0.3, 0.4) is 0 Å². The second-order valence-electron chi connectivity index (χ2n) is 8.66. The molecule has 5 rings (SSSR count). The van der Waals surface area contributed by atoms with Gasteiger partial charge in [0.2, 0.25) is 5.89 Å². The summed E-state index contributed by atoms with van der Waals surface area (Å²) in [5, 5.41) is 3.15. The Morgan fingerprint density at radius 2 is 1.81 bits per heavy atom. The van der Waals surface area contributed by atoms with Crippen molar-refractivity contribution in [1.82, 2.24) is 15.2 Å². The maximum Gasteiger partial charge on any atom is 0.273 e. The van der Waals surface area contributed by atoms with Gasteiger partial charge in [0.05, 0.1) is 19.3 Å². The van der Waals surface area contributed by atoms with Crippen LogP contribution in [0.2, 0.25) is 0 Å². The molecule has 6 nitrogen and oxygen atoms in total. The number of ether oxygens (including phenoxy) is 1. The number of morpholine rings is 1. The predicted molar refractivity (Wildman–Crippen MR) is 123 cm³/mol. The fourth-order valence-corrected chi connectivity index (χ4v) is 4.23. The van der Waals surface area contributed by atoms with Gasteiger partial charge in [-0.2, -0.15) is 0 Å². The molecule has 1 saturated carbocycles. The summed E-state index contributed by atoms with van der Waals surface area (Å²) >= 11 is 0. The van der Waals surface area contributed by atoms with Crippen LogP contribution in [-0.2, 0) is 4.74 Å². The van der Waals surface area contributed by atoms with E-state index in [1.807, 2.05) is 30.3 Å². The van der Waals surface area contributed by atoms with Crippen LogP contribution in [0.25, 0.3) is 11.5 Å². The summed E-state index contributed by atoms with van der Waals surface area (Å²) in [6, 6.07) is 18.4. The maximum absolute atomic E-state index is 13.2. The third kappa shape index (κ3) is 4.61. The Hall–Kier alpha value is -2.96. The smallest absolute Gasteiger partial charge is 0.273 e. The van der Waals surface area contributed by atoms with Crippen LogP contribution in [0.5, 0.6) is 0 Å². The molecule has 1 aromatic heterocycles. The molecule has 0 spiro atoms. The van der Waals surface area contributed by atoms with Crippen molar-refractivity contribution in [1.29, 1.82) is 0 Å². The van der Waals surface area contributed by atoms with Crippen LogP contribution in [0.15, 0.2) is 59.0 Å². The lowest BCUT2D eigenvalue weighted by Crippen LogP contribution is -2.44. The molecule has 1 N–H and O–H groups in total. The second-order valence-corrected chi connectivity index (χ2v) is 8.66. The van der Waals surface area contributed by atoms with Crippen molar-refractivity contribution in [3.8, 4) is 11.5 Å². The van der Waals surface area contributed by atoms with Gasteiger partial charge in [0.15, 0.2) is 5.69 Å². The molecule has 2 fully saturated rings. The molecule has 1 saturated heterocycles. The summed E-state index contributed by atoms with van der Waals surface area (Å²) in [5.74, 6) is 1.37. The molecule has 1 atom stereocenters. The van der Waals surface area contributed by atoms with E-state index in [4.69, 9.17) is 9.15 Å². The van der Waals surface area contributed by atoms with Crippen molar-refractivity contribution in [3.05, 3.63) is 77.2 Å². The average molecular weight is 432 g/mol. The molecule has 1 amide bonds. The number of nitrogens with zero attached hydrogens (tertiary/aromatic N) is 2. The van der Waals surface area contributed by atoms with Gasteiger partial charge in [-0.1, -0.05) is 48.0 Å². The SMILES string of the molecule is Cc1ccc(C(CNC(=O)c2nc(-c3ccccc3)oc2C2CC2)N2CCOCC2)cc1. The van der Waals surface area contributed by atoms with E-state index in [0.717, 1.165) is 37.3 Å². The van der Waals surface area contributed by atoms with Crippen LogP contribution in [0.1, 0.15) is 52.2 Å². The number of nitrogens with one attached hydrogen (secondary N) is 1. The molecule has 0 radical (unpaired) electrons. The van der Waals surface area contributed by atoms with Crippen molar-refractivity contribution in [3.63, 3.8) is 0 Å². The Bertz CT molecular complexity index is 1050. The van der Waals surface area contributed by atoms with Gasteiger partial charge < -0.3 is 14.5 Å². The standard InChI is InChI=1S/C26H29N3O3/c1-18-7-9-19(10-8-18)22(29-13-15-31-16-14-29)17-27-25(30)23-24(20-11-12-20)32-26(28-23)21-5-3-2-4-6-21/h2-10,20,22H,11-17H2,1H3,(H,27,30). The van der Waals surface area contributed by atoms with Crippen LogP contribution >= 0.6 is 0 Å². The number of aromatic nitrogens is 1. The molecule has 1 aliphatic carbocycles. The van der Waals surface area contributed by atoms with Crippen LogP contribution in [-0.4, -0.2) is 48.6 Å². The summed E-state index contributed by atoms with van der Waals surface area (Å²) in [6.07, 6.45) is 2.09. The van der Waals surface area contributed by atoms with Crippen molar-refractivity contribution in [2.45, 2.75) is 31.7 Å². The fourth-order valence-electron chi connectivity index (χ4n) is 4.23. The summed E-state index contributed by atoms with van der Waals surface area (Å²) in [7, 11) is 0. The van der Waals surface area contributed by atoms with E-state index in [-0.39, 0.29) is 11.9 Å². The van der Waals surface area contributed by atoms with Gasteiger partial charge in [-0.05, 0) is 37.5 Å². The highest BCUT2D eigenvalue weighted by molar-refractivity contribution is 5.94. The van der Waals surface area contributed by atoms with Gasteiger partial charge in [0, 0.05) is 31.1 Å². The maximum atomic E-state index is 13.2. The van der Waals surface area contributed by atoms with E-state index >= 15 is 0 Å². The number of benzene rings is 2. The number of carbonyl (C=O) groups excluding carboxylic acids is 1. The molecule has 32 heavy (non-hydrogen) atoms. The third-order valence-electron chi connectivity index (χ3n) is 6.24. The normalized spacial score (nSPS) is 17.8. The number of oxazole rings is 1. The van der Waals surface area contributed by atoms with Crippen LogP contribution < -0.4 is 5.32 Å². The first-order chi connectivity index (χ1) is 15.7. The number of hydrogen-bond donors (Lipinski definition) is 1. The Kier molecular flexibility index (Phi) is 6.06. The van der Waals surface area contributed by atoms with E-state index in [1.54, 1.807) is 0 Å². The Labute approximate surface area is 188 Å². The van der Waals surface area contributed by atoms with Gasteiger partial charge in [0.25, 0.3) is 5.91 Å². The van der Waals surface area contributed by atoms with Gasteiger partial charge in [-0.25, -0.2) is 4.98 Å². The molecule has 1 unspecified atom stereocenters. The number of rotatable bonds is 7. The second kappa shape index (κ2) is 9.27. The average Bonchev–Trinajstić information content (AvgIpc) is 3.59. The first kappa shape index (κ1) is 20.9. The highest BCUT2D eigenvalue weighted by atomic mass is 16.5. The lowest BCUT2D eigenvalue weighted by molar-refractivity contribution is 0.0162. The largest absolute Gasteiger partial charge is 0.440 e. The summed E-state index contributed by atoms with van der Waals surface area (Å²) < 4.78 is 11.6. The lowest BCUT2D eigenvalue weighted by Gasteiger charge is -2.35. The number of hydrogen-bond acceptors (Lipinski definition) is 5. The van der Waals surface area contributed by atoms with Crippen molar-refractivity contribution in [2.24, 2.45) is 0 Å². The highest BCUT2D eigenvalue weighted by Gasteiger charge is 2.34. The fraction of sp³-hybridized carbons (Fsp3) is 0.385. The molecule has 2 aliphatic rings. The van der Waals surface area contributed by atoms with Gasteiger partial charge >= 0.3 is 0 Å². The predicted octanol–water partition coefficient (Wildman–Crippen LogP) is 4.33. The minimum absolute atomic E-state index is 0.0910. The van der Waals surface area contributed by atoms with Gasteiger partial charge in [-0.3, -0.25) is 9.69 Å². The first-order valence-corrected chi connectivity index (χ1v) is 11.4. The lowest BCUT2D eigenvalue weighted by atomic mass is 10.0. The molecular weight excluding hydrogens is 402 g/mol. The minimum atomic E-state index is -0.164. The zero-order valence-electron chi connectivity index (χ0n) is 18.4. The van der Waals surface area contributed by atoms with E-state index in [9.17, 15) is 4.79 Å². The summed E-state index contributed by atoms with van der Waals surface area (Å²) in [4.78, 5) is 20.2. The zero-order valence-corrected chi connectivity index (χ0v) is 18.4. The number of aryl methyl sites for hydroxylation is 1. The number of amides is 1. The molecule has 1 aliphatic heterocycles. The minimum Gasteiger partial charge on any atom is -0.440 e. The van der Waals surface area contributed by atoms with Gasteiger partial charge in [-0.15, -0.1) is 0 Å². The van der Waals surface area contributed by atoms with Crippen LogP contribution in [0, 0.1) is 6.92 Å². The molecule has 2 heterocycles. The number of carbonyl (C=O) groups is 1. The van der Waals surface area contributed by atoms with Crippen LogP contribution in [0.4, 0.5) is 0 Å². The Balaban J connectivity index is 1.36. The van der Waals surface area contributed by atoms with E-state index in [0.29, 0.717) is 37.3 Å². The molecule has 3 aromatic rings. The highest BCUT2D eigenvalue weighted by Crippen LogP contribution is 2.43. The third-order valence-corrected chi connectivity index (χ3v) is 6.24. The van der Waals surface area contributed by atoms with Crippen molar-refractivity contribution in [2.75, 3.05) is 32.8 Å². The Morgan fingerprint density at radius 3 is 2.50 bits per heavy atom. The molecule has 2 aromatic carbocycles. The molecule has 6 heteroatoms. The first-order valence-electron chi connectivity index (χ1n) is 11.4. The van der Waals surface area contributed by atoms with E-state index in [2.05, 4.69) is 46.4 Å². The topological polar surface area (TPSA) is 67.6 Å². The van der Waals surface area contributed by atoms with E-state index in [1.165, 1.54) is 11.1 Å². The molecule has 0 bridgehead atoms. The quantitative estimate of drug-likeness (QED) is 0.603.